The van der Waals surface area contributed by atoms with E-state index in [1.807, 2.05) is 31.2 Å². The normalized spacial score (nSPS) is 17.3. The molecule has 0 N–H and O–H groups in total. The number of benzene rings is 1. The highest BCUT2D eigenvalue weighted by Gasteiger charge is 2.11. The maximum absolute atomic E-state index is 2.18. The second kappa shape index (κ2) is 8.04. The highest BCUT2D eigenvalue weighted by atomic mass is 15.1. The summed E-state index contributed by atoms with van der Waals surface area (Å²) < 4.78 is 0. The Balaban J connectivity index is 2.16. The van der Waals surface area contributed by atoms with Crippen LogP contribution in [0.2, 0.25) is 0 Å². The first-order chi connectivity index (χ1) is 10.7. The molecule has 1 nitrogen and oxygen atoms in total. The Morgan fingerprint density at radius 3 is 2.64 bits per heavy atom. The summed E-state index contributed by atoms with van der Waals surface area (Å²) in [6, 6.07) is 8.48. The largest absolute Gasteiger partial charge is 0.351 e. The van der Waals surface area contributed by atoms with Crippen molar-refractivity contribution >= 4 is 11.3 Å². The topological polar surface area (TPSA) is 3.24 Å². The van der Waals surface area contributed by atoms with E-state index in [9.17, 15) is 0 Å². The van der Waals surface area contributed by atoms with Gasteiger partial charge in [0.2, 0.25) is 0 Å². The van der Waals surface area contributed by atoms with Crippen LogP contribution in [0.1, 0.15) is 19.4 Å². The molecule has 0 unspecified atom stereocenters. The fourth-order valence-electron chi connectivity index (χ4n) is 2.26. The van der Waals surface area contributed by atoms with Crippen LogP contribution >= 0.6 is 0 Å². The van der Waals surface area contributed by atoms with Gasteiger partial charge in [0.1, 0.15) is 0 Å². The lowest BCUT2D eigenvalue weighted by Gasteiger charge is -2.23. The third-order valence-electron chi connectivity index (χ3n) is 3.48. The number of rotatable bonds is 4. The predicted molar refractivity (Wildman–Crippen MR) is 98.8 cm³/mol. The highest BCUT2D eigenvalue weighted by Crippen LogP contribution is 2.31. The van der Waals surface area contributed by atoms with Gasteiger partial charge >= 0.3 is 0 Å². The minimum absolute atomic E-state index is 1.22. The van der Waals surface area contributed by atoms with Gasteiger partial charge in [-0.2, -0.15) is 0 Å². The first-order valence-corrected chi connectivity index (χ1v) is 7.57. The van der Waals surface area contributed by atoms with Gasteiger partial charge in [-0.1, -0.05) is 72.4 Å². The van der Waals surface area contributed by atoms with E-state index < -0.39 is 0 Å². The third-order valence-corrected chi connectivity index (χ3v) is 3.48. The number of fused-ring (bicyclic) bond motifs is 1. The first kappa shape index (κ1) is 15.8. The summed E-state index contributed by atoms with van der Waals surface area (Å²) in [6.45, 7) is 4.12. The van der Waals surface area contributed by atoms with Crippen molar-refractivity contribution < 1.29 is 0 Å². The number of allylic oxidation sites excluding steroid dienone is 11. The van der Waals surface area contributed by atoms with Crippen LogP contribution in [0.3, 0.4) is 0 Å². The van der Waals surface area contributed by atoms with E-state index in [1.165, 1.54) is 22.4 Å². The molecule has 0 radical (unpaired) electrons. The maximum Gasteiger partial charge on any atom is 0.0483 e. The molecule has 0 amide bonds. The maximum atomic E-state index is 2.18. The second-order valence-electron chi connectivity index (χ2n) is 5.25. The molecule has 1 aliphatic rings. The van der Waals surface area contributed by atoms with E-state index in [1.54, 1.807) is 0 Å². The molecule has 0 bridgehead atoms. The van der Waals surface area contributed by atoms with Gasteiger partial charge in [0, 0.05) is 24.5 Å². The summed E-state index contributed by atoms with van der Waals surface area (Å²) in [5.74, 6) is 0. The van der Waals surface area contributed by atoms with Gasteiger partial charge in [-0.25, -0.2) is 0 Å². The van der Waals surface area contributed by atoms with Crippen molar-refractivity contribution in [2.45, 2.75) is 13.8 Å². The van der Waals surface area contributed by atoms with Crippen LogP contribution in [0, 0.1) is 0 Å². The molecule has 1 heterocycles. The fourth-order valence-corrected chi connectivity index (χ4v) is 2.26. The molecule has 0 atom stereocenters. The Morgan fingerprint density at radius 2 is 1.82 bits per heavy atom. The van der Waals surface area contributed by atoms with Crippen LogP contribution < -0.4 is 4.90 Å². The molecule has 0 saturated carbocycles. The van der Waals surface area contributed by atoms with E-state index in [2.05, 4.69) is 79.7 Å². The number of para-hydroxylation sites is 1. The second-order valence-corrected chi connectivity index (χ2v) is 5.25. The highest BCUT2D eigenvalue weighted by molar-refractivity contribution is 5.86. The number of hydrogen-bond acceptors (Lipinski definition) is 1. The van der Waals surface area contributed by atoms with Crippen molar-refractivity contribution in [3.8, 4) is 0 Å². The van der Waals surface area contributed by atoms with E-state index >= 15 is 0 Å². The van der Waals surface area contributed by atoms with Gasteiger partial charge in [-0.3, -0.25) is 0 Å². The van der Waals surface area contributed by atoms with Crippen molar-refractivity contribution in [3.05, 3.63) is 96.3 Å². The predicted octanol–water partition coefficient (Wildman–Crippen LogP) is 5.67. The van der Waals surface area contributed by atoms with E-state index in [-0.39, 0.29) is 0 Å². The zero-order chi connectivity index (χ0) is 15.8. The van der Waals surface area contributed by atoms with Crippen molar-refractivity contribution in [1.82, 2.24) is 0 Å². The summed E-state index contributed by atoms with van der Waals surface area (Å²) >= 11 is 0. The Hall–Kier alpha value is -2.54. The lowest BCUT2D eigenvalue weighted by atomic mass is 9.99. The van der Waals surface area contributed by atoms with Crippen LogP contribution in [0.15, 0.2) is 90.7 Å². The molecule has 0 aromatic heterocycles. The molecular formula is C21H23N. The van der Waals surface area contributed by atoms with Gasteiger partial charge in [0.25, 0.3) is 0 Å². The molecule has 112 valence electrons. The van der Waals surface area contributed by atoms with E-state index in [0.29, 0.717) is 0 Å². The SMILES string of the molecule is C/C=C/C=C/C=C/C(C)=C/C=C1\C=CN(C)c2ccccc21. The molecule has 0 saturated heterocycles. The zero-order valence-electron chi connectivity index (χ0n) is 13.5. The average molecular weight is 289 g/mol. The van der Waals surface area contributed by atoms with Gasteiger partial charge in [-0.15, -0.1) is 0 Å². The molecule has 0 fully saturated rings. The van der Waals surface area contributed by atoms with Crippen LogP contribution in [-0.4, -0.2) is 7.05 Å². The Kier molecular flexibility index (Phi) is 5.79. The summed E-state index contributed by atoms with van der Waals surface area (Å²) in [6.07, 6.45) is 20.9. The summed E-state index contributed by atoms with van der Waals surface area (Å²) in [7, 11) is 2.08. The van der Waals surface area contributed by atoms with E-state index in [4.69, 9.17) is 0 Å². The molecule has 1 heteroatoms. The average Bonchev–Trinajstić information content (AvgIpc) is 2.54. The van der Waals surface area contributed by atoms with Crippen LogP contribution in [0.25, 0.3) is 5.57 Å². The Morgan fingerprint density at radius 1 is 1.05 bits per heavy atom. The Labute approximate surface area is 134 Å². The molecule has 1 aromatic rings. The van der Waals surface area contributed by atoms with Gasteiger partial charge < -0.3 is 4.90 Å². The van der Waals surface area contributed by atoms with Crippen LogP contribution in [-0.2, 0) is 0 Å². The first-order valence-electron chi connectivity index (χ1n) is 7.57. The minimum Gasteiger partial charge on any atom is -0.351 e. The monoisotopic (exact) mass is 289 g/mol. The quantitative estimate of drug-likeness (QED) is 0.646. The number of hydrogen-bond donors (Lipinski definition) is 0. The Bertz CT molecular complexity index is 682. The number of anilines is 1. The third kappa shape index (κ3) is 4.23. The lowest BCUT2D eigenvalue weighted by molar-refractivity contribution is 1.18. The van der Waals surface area contributed by atoms with Crippen molar-refractivity contribution in [3.63, 3.8) is 0 Å². The standard InChI is InChI=1S/C21H23N/c1-4-5-6-7-8-11-18(2)14-15-19-16-17-22(3)21-13-10-9-12-20(19)21/h4-17H,1-3H3/b5-4+,7-6+,11-8+,18-14+,19-15+. The van der Waals surface area contributed by atoms with Gasteiger partial charge in [-0.05, 0) is 31.6 Å². The molecule has 2 rings (SSSR count). The van der Waals surface area contributed by atoms with Crippen LogP contribution in [0.4, 0.5) is 5.69 Å². The minimum atomic E-state index is 1.22. The van der Waals surface area contributed by atoms with Gasteiger partial charge in [0.15, 0.2) is 0 Å². The molecule has 0 aliphatic carbocycles. The molecule has 1 aromatic carbocycles. The van der Waals surface area contributed by atoms with Gasteiger partial charge in [0.05, 0.1) is 0 Å². The summed E-state index contributed by atoms with van der Waals surface area (Å²) in [4.78, 5) is 2.15. The van der Waals surface area contributed by atoms with E-state index in [0.717, 1.165) is 0 Å². The molecule has 22 heavy (non-hydrogen) atoms. The van der Waals surface area contributed by atoms with Crippen molar-refractivity contribution in [2.75, 3.05) is 11.9 Å². The molecule has 1 aliphatic heterocycles. The smallest absolute Gasteiger partial charge is 0.0483 e. The van der Waals surface area contributed by atoms with Crippen molar-refractivity contribution in [2.24, 2.45) is 0 Å². The molecular weight excluding hydrogens is 266 g/mol. The molecule has 0 spiro atoms. The van der Waals surface area contributed by atoms with Crippen LogP contribution in [0.5, 0.6) is 0 Å². The summed E-state index contributed by atoms with van der Waals surface area (Å²) in [5.41, 5.74) is 4.98. The fraction of sp³-hybridized carbons (Fsp3) is 0.143. The lowest BCUT2D eigenvalue weighted by Crippen LogP contribution is -2.13. The van der Waals surface area contributed by atoms with Crippen molar-refractivity contribution in [1.29, 1.82) is 0 Å². The summed E-state index contributed by atoms with van der Waals surface area (Å²) in [5, 5.41) is 0. The number of nitrogens with zero attached hydrogens (tertiary/aromatic N) is 1. The zero-order valence-corrected chi connectivity index (χ0v) is 13.5.